The average molecular weight is 381 g/mol. The van der Waals surface area contributed by atoms with E-state index < -0.39 is 5.60 Å². The van der Waals surface area contributed by atoms with Crippen LogP contribution in [-0.4, -0.2) is 53.5 Å². The van der Waals surface area contributed by atoms with Crippen LogP contribution in [0.5, 0.6) is 0 Å². The predicted molar refractivity (Wildman–Crippen MR) is 113 cm³/mol. The molecule has 1 saturated heterocycles. The van der Waals surface area contributed by atoms with Gasteiger partial charge in [-0.15, -0.1) is 0 Å². The van der Waals surface area contributed by atoms with Gasteiger partial charge in [0.1, 0.15) is 0 Å². The van der Waals surface area contributed by atoms with Gasteiger partial charge in [0, 0.05) is 19.6 Å². The lowest BCUT2D eigenvalue weighted by Gasteiger charge is -2.37. The molecule has 150 valence electrons. The predicted octanol–water partition coefficient (Wildman–Crippen LogP) is 3.50. The third kappa shape index (κ3) is 4.13. The van der Waals surface area contributed by atoms with Crippen molar-refractivity contribution in [2.75, 3.05) is 26.7 Å². The van der Waals surface area contributed by atoms with E-state index in [1.165, 1.54) is 12.8 Å². The summed E-state index contributed by atoms with van der Waals surface area (Å²) in [7, 11) is 1.81. The zero-order chi connectivity index (χ0) is 20.1. The highest BCUT2D eigenvalue weighted by molar-refractivity contribution is 5.90. The Kier molecular flexibility index (Phi) is 6.53. The second kappa shape index (κ2) is 8.89. The van der Waals surface area contributed by atoms with Gasteiger partial charge in [-0.25, -0.2) is 0 Å². The highest BCUT2D eigenvalue weighted by Crippen LogP contribution is 2.32. The van der Waals surface area contributed by atoms with Crippen molar-refractivity contribution in [1.29, 1.82) is 0 Å². The summed E-state index contributed by atoms with van der Waals surface area (Å²) in [6, 6.07) is 18.8. The minimum atomic E-state index is -1.69. The van der Waals surface area contributed by atoms with Gasteiger partial charge in [0.15, 0.2) is 5.60 Å². The molecule has 1 atom stereocenters. The first kappa shape index (κ1) is 20.6. The molecule has 1 heterocycles. The molecule has 1 fully saturated rings. The molecule has 28 heavy (non-hydrogen) atoms. The highest BCUT2D eigenvalue weighted by Gasteiger charge is 2.42. The molecule has 0 spiro atoms. The van der Waals surface area contributed by atoms with Crippen molar-refractivity contribution in [2.24, 2.45) is 5.92 Å². The van der Waals surface area contributed by atoms with Gasteiger partial charge in [0.25, 0.3) is 5.91 Å². The number of hydrogen-bond acceptors (Lipinski definition) is 3. The first-order chi connectivity index (χ1) is 13.4. The molecule has 1 unspecified atom stereocenters. The first-order valence-electron chi connectivity index (χ1n) is 10.3. The quantitative estimate of drug-likeness (QED) is 0.800. The van der Waals surface area contributed by atoms with Gasteiger partial charge < -0.3 is 10.0 Å². The average Bonchev–Trinajstić information content (AvgIpc) is 3.26. The van der Waals surface area contributed by atoms with Crippen LogP contribution in [0, 0.1) is 5.92 Å². The van der Waals surface area contributed by atoms with E-state index in [1.54, 1.807) is 4.90 Å². The number of amides is 1. The molecule has 0 bridgehead atoms. The maximum atomic E-state index is 13.6. The smallest absolute Gasteiger partial charge is 0.263 e. The van der Waals surface area contributed by atoms with Crippen LogP contribution in [0.25, 0.3) is 0 Å². The van der Waals surface area contributed by atoms with E-state index in [-0.39, 0.29) is 5.91 Å². The number of likely N-dealkylation sites (tertiary alicyclic amines) is 1. The number of benzene rings is 2. The van der Waals surface area contributed by atoms with Crippen molar-refractivity contribution in [3.8, 4) is 0 Å². The maximum absolute atomic E-state index is 13.6. The minimum Gasteiger partial charge on any atom is -0.372 e. The largest absolute Gasteiger partial charge is 0.372 e. The monoisotopic (exact) mass is 380 g/mol. The third-order valence-corrected chi connectivity index (χ3v) is 5.88. The van der Waals surface area contributed by atoms with Crippen molar-refractivity contribution in [3.05, 3.63) is 71.8 Å². The Labute approximate surface area is 168 Å². The van der Waals surface area contributed by atoms with Crippen LogP contribution in [0.1, 0.15) is 37.8 Å². The Morgan fingerprint density at radius 3 is 1.89 bits per heavy atom. The van der Waals surface area contributed by atoms with Gasteiger partial charge in [-0.05, 0) is 43.0 Å². The second-order valence-corrected chi connectivity index (χ2v) is 8.18. The second-order valence-electron chi connectivity index (χ2n) is 8.18. The fourth-order valence-electron chi connectivity index (χ4n) is 4.23. The molecule has 1 aliphatic rings. The minimum absolute atomic E-state index is 0.283. The van der Waals surface area contributed by atoms with E-state index in [1.807, 2.05) is 67.7 Å². The number of aliphatic hydroxyl groups is 1. The summed E-state index contributed by atoms with van der Waals surface area (Å²) in [6.45, 7) is 7.21. The van der Waals surface area contributed by atoms with Crippen LogP contribution in [-0.2, 0) is 10.4 Å². The number of carbonyl (C=O) groups is 1. The molecule has 1 aliphatic heterocycles. The Morgan fingerprint density at radius 1 is 1.00 bits per heavy atom. The number of nitrogens with zero attached hydrogens (tertiary/aromatic N) is 2. The summed E-state index contributed by atoms with van der Waals surface area (Å²) in [6.07, 6.45) is 2.44. The number of rotatable bonds is 7. The van der Waals surface area contributed by atoms with Gasteiger partial charge in [0.05, 0.1) is 0 Å². The summed E-state index contributed by atoms with van der Waals surface area (Å²) in [5, 5.41) is 11.7. The zero-order valence-corrected chi connectivity index (χ0v) is 17.2. The van der Waals surface area contributed by atoms with Crippen molar-refractivity contribution in [3.63, 3.8) is 0 Å². The van der Waals surface area contributed by atoms with Gasteiger partial charge in [-0.1, -0.05) is 74.5 Å². The highest BCUT2D eigenvalue weighted by atomic mass is 16.3. The molecule has 2 aromatic carbocycles. The Morgan fingerprint density at radius 2 is 1.46 bits per heavy atom. The third-order valence-electron chi connectivity index (χ3n) is 5.88. The fourth-order valence-corrected chi connectivity index (χ4v) is 4.23. The van der Waals surface area contributed by atoms with E-state index in [2.05, 4.69) is 18.7 Å². The molecular formula is C24H32N2O2. The molecule has 4 nitrogen and oxygen atoms in total. The normalized spacial score (nSPS) is 16.3. The van der Waals surface area contributed by atoms with Crippen molar-refractivity contribution in [2.45, 2.75) is 38.3 Å². The van der Waals surface area contributed by atoms with E-state index >= 15 is 0 Å². The molecule has 0 aliphatic carbocycles. The SMILES string of the molecule is CC(C)C(CN(C)C(=O)C(O)(c1ccccc1)c1ccccc1)N1CCCC1. The Bertz CT molecular complexity index is 715. The molecule has 1 N–H and O–H groups in total. The summed E-state index contributed by atoms with van der Waals surface area (Å²) in [4.78, 5) is 17.8. The molecule has 3 rings (SSSR count). The van der Waals surface area contributed by atoms with Crippen LogP contribution in [0.2, 0.25) is 0 Å². The van der Waals surface area contributed by atoms with Gasteiger partial charge in [0.2, 0.25) is 0 Å². The van der Waals surface area contributed by atoms with Crippen LogP contribution < -0.4 is 0 Å². The number of hydrogen-bond donors (Lipinski definition) is 1. The number of likely N-dealkylation sites (N-methyl/N-ethyl adjacent to an activating group) is 1. The van der Waals surface area contributed by atoms with Crippen LogP contribution in [0.4, 0.5) is 0 Å². The van der Waals surface area contributed by atoms with Crippen LogP contribution in [0.3, 0.4) is 0 Å². The Hall–Kier alpha value is -2.17. The lowest BCUT2D eigenvalue weighted by molar-refractivity contribution is -0.147. The fraction of sp³-hybridized carbons (Fsp3) is 0.458. The standard InChI is InChI=1S/C24H32N2O2/c1-19(2)22(26-16-10-11-17-26)18-25(3)23(27)24(28,20-12-6-4-7-13-20)21-14-8-5-9-15-21/h4-9,12-15,19,22,28H,10-11,16-18H2,1-3H3. The van der Waals surface area contributed by atoms with Crippen LogP contribution >= 0.6 is 0 Å². The lowest BCUT2D eigenvalue weighted by atomic mass is 9.85. The van der Waals surface area contributed by atoms with Gasteiger partial charge >= 0.3 is 0 Å². The number of carbonyl (C=O) groups excluding carboxylic acids is 1. The van der Waals surface area contributed by atoms with Crippen molar-refractivity contribution < 1.29 is 9.90 Å². The topological polar surface area (TPSA) is 43.8 Å². The summed E-state index contributed by atoms with van der Waals surface area (Å²) in [5.41, 5.74) is -0.496. The maximum Gasteiger partial charge on any atom is 0.263 e. The van der Waals surface area contributed by atoms with Crippen LogP contribution in [0.15, 0.2) is 60.7 Å². The van der Waals surface area contributed by atoms with Gasteiger partial charge in [-0.2, -0.15) is 0 Å². The van der Waals surface area contributed by atoms with Crippen molar-refractivity contribution in [1.82, 2.24) is 9.80 Å². The molecule has 0 saturated carbocycles. The van der Waals surface area contributed by atoms with E-state index in [9.17, 15) is 9.90 Å². The van der Waals surface area contributed by atoms with Gasteiger partial charge in [-0.3, -0.25) is 9.69 Å². The summed E-state index contributed by atoms with van der Waals surface area (Å²) < 4.78 is 0. The van der Waals surface area contributed by atoms with E-state index in [0.717, 1.165) is 13.1 Å². The molecular weight excluding hydrogens is 348 g/mol. The molecule has 0 radical (unpaired) electrons. The lowest BCUT2D eigenvalue weighted by Crippen LogP contribution is -2.52. The van der Waals surface area contributed by atoms with Crippen molar-refractivity contribution >= 4 is 5.91 Å². The first-order valence-corrected chi connectivity index (χ1v) is 10.3. The Balaban J connectivity index is 1.90. The summed E-state index contributed by atoms with van der Waals surface area (Å²) in [5.74, 6) is 0.157. The molecule has 4 heteroatoms. The summed E-state index contributed by atoms with van der Waals surface area (Å²) >= 11 is 0. The molecule has 1 amide bonds. The molecule has 0 aromatic heterocycles. The van der Waals surface area contributed by atoms with E-state index in [0.29, 0.717) is 29.6 Å². The zero-order valence-electron chi connectivity index (χ0n) is 17.2. The molecule has 2 aromatic rings. The van der Waals surface area contributed by atoms with E-state index in [4.69, 9.17) is 0 Å².